The molecule has 7 heteroatoms. The van der Waals surface area contributed by atoms with Crippen molar-refractivity contribution in [2.75, 3.05) is 15.9 Å². The van der Waals surface area contributed by atoms with Gasteiger partial charge in [-0.2, -0.15) is 0 Å². The van der Waals surface area contributed by atoms with Crippen LogP contribution in [0.4, 0.5) is 11.4 Å². The lowest BCUT2D eigenvalue weighted by molar-refractivity contribution is -0.116. The summed E-state index contributed by atoms with van der Waals surface area (Å²) < 4.78 is 26.8. The van der Waals surface area contributed by atoms with E-state index in [2.05, 4.69) is 21.2 Å². The second-order valence-corrected chi connectivity index (χ2v) is 9.17. The summed E-state index contributed by atoms with van der Waals surface area (Å²) in [6.45, 7) is 7.36. The second kappa shape index (κ2) is 7.80. The molecule has 0 bridgehead atoms. The molecule has 1 amide bonds. The molecule has 1 N–H and O–H groups in total. The zero-order valence-corrected chi connectivity index (χ0v) is 17.9. The molecule has 0 unspecified atom stereocenters. The quantitative estimate of drug-likeness (QED) is 0.761. The van der Waals surface area contributed by atoms with Crippen LogP contribution in [0.15, 0.2) is 40.9 Å². The van der Waals surface area contributed by atoms with E-state index >= 15 is 0 Å². The lowest BCUT2D eigenvalue weighted by atomic mass is 10.1. The van der Waals surface area contributed by atoms with Crippen molar-refractivity contribution >= 4 is 43.2 Å². The van der Waals surface area contributed by atoms with Crippen LogP contribution < -0.4 is 9.62 Å². The van der Waals surface area contributed by atoms with Crippen molar-refractivity contribution in [3.63, 3.8) is 0 Å². The van der Waals surface area contributed by atoms with E-state index in [0.717, 1.165) is 31.7 Å². The predicted molar refractivity (Wildman–Crippen MR) is 110 cm³/mol. The summed E-state index contributed by atoms with van der Waals surface area (Å²) in [5, 5.41) is 2.79. The van der Waals surface area contributed by atoms with E-state index in [-0.39, 0.29) is 0 Å². The first-order valence-corrected chi connectivity index (χ1v) is 10.8. The van der Waals surface area contributed by atoms with Gasteiger partial charge in [-0.3, -0.25) is 9.10 Å². The Morgan fingerprint density at radius 1 is 1.04 bits per heavy atom. The van der Waals surface area contributed by atoms with Gasteiger partial charge in [0.2, 0.25) is 15.9 Å². The highest BCUT2D eigenvalue weighted by Gasteiger charge is 2.29. The summed E-state index contributed by atoms with van der Waals surface area (Å²) >= 11 is 3.42. The summed E-state index contributed by atoms with van der Waals surface area (Å²) in [4.78, 5) is 12.7. The predicted octanol–water partition coefficient (Wildman–Crippen LogP) is 4.17. The molecule has 0 fully saturated rings. The molecule has 0 saturated carbocycles. The lowest BCUT2D eigenvalue weighted by Crippen LogP contribution is -2.45. The maximum absolute atomic E-state index is 12.7. The Kier molecular flexibility index (Phi) is 6.13. The average molecular weight is 439 g/mol. The summed E-state index contributed by atoms with van der Waals surface area (Å²) in [6.07, 6.45) is 1.11. The first kappa shape index (κ1) is 20.5. The Morgan fingerprint density at radius 2 is 1.69 bits per heavy atom. The van der Waals surface area contributed by atoms with Crippen LogP contribution in [0.2, 0.25) is 0 Å². The van der Waals surface area contributed by atoms with Crippen molar-refractivity contribution in [1.82, 2.24) is 0 Å². The molecular weight excluding hydrogens is 416 g/mol. The molecule has 0 aliphatic carbocycles. The van der Waals surface area contributed by atoms with Crippen molar-refractivity contribution in [3.8, 4) is 0 Å². The summed E-state index contributed by atoms with van der Waals surface area (Å²) in [6, 6.07) is 9.90. The SMILES string of the molecule is Cc1ccc(N([C@H](C)C(=O)Nc2ccc(Br)c(C)c2)S(C)(=O)=O)cc1C. The Bertz CT molecular complexity index is 942. The minimum Gasteiger partial charge on any atom is -0.324 e. The highest BCUT2D eigenvalue weighted by molar-refractivity contribution is 9.10. The van der Waals surface area contributed by atoms with E-state index in [1.54, 1.807) is 25.1 Å². The van der Waals surface area contributed by atoms with E-state index in [0.29, 0.717) is 11.4 Å². The normalized spacial score (nSPS) is 12.5. The van der Waals surface area contributed by atoms with Gasteiger partial charge >= 0.3 is 0 Å². The van der Waals surface area contributed by atoms with Gasteiger partial charge in [0.15, 0.2) is 0 Å². The van der Waals surface area contributed by atoms with Crippen LogP contribution in [0.3, 0.4) is 0 Å². The molecule has 0 aliphatic heterocycles. The van der Waals surface area contributed by atoms with Gasteiger partial charge in [-0.25, -0.2) is 8.42 Å². The monoisotopic (exact) mass is 438 g/mol. The zero-order chi connectivity index (χ0) is 19.6. The highest BCUT2D eigenvalue weighted by atomic mass is 79.9. The molecule has 2 rings (SSSR count). The van der Waals surface area contributed by atoms with Crippen LogP contribution in [0.1, 0.15) is 23.6 Å². The molecule has 0 aliphatic rings. The van der Waals surface area contributed by atoms with Crippen LogP contribution in [0.5, 0.6) is 0 Å². The van der Waals surface area contributed by atoms with Crippen LogP contribution in [0.25, 0.3) is 0 Å². The summed E-state index contributed by atoms with van der Waals surface area (Å²) in [5.41, 5.74) is 4.10. The first-order chi connectivity index (χ1) is 12.0. The van der Waals surface area contributed by atoms with Crippen molar-refractivity contribution in [2.24, 2.45) is 0 Å². The third-order valence-electron chi connectivity index (χ3n) is 4.26. The van der Waals surface area contributed by atoms with Gasteiger partial charge in [-0.05, 0) is 74.7 Å². The molecule has 2 aromatic rings. The van der Waals surface area contributed by atoms with Gasteiger partial charge < -0.3 is 5.32 Å². The Morgan fingerprint density at radius 3 is 2.23 bits per heavy atom. The Hall–Kier alpha value is -1.86. The number of sulfonamides is 1. The highest BCUT2D eigenvalue weighted by Crippen LogP contribution is 2.25. The third kappa shape index (κ3) is 4.65. The van der Waals surface area contributed by atoms with Gasteiger partial charge in [0, 0.05) is 10.2 Å². The topological polar surface area (TPSA) is 66.5 Å². The van der Waals surface area contributed by atoms with Gasteiger partial charge in [-0.1, -0.05) is 22.0 Å². The molecule has 26 heavy (non-hydrogen) atoms. The van der Waals surface area contributed by atoms with Crippen molar-refractivity contribution in [1.29, 1.82) is 0 Å². The standard InChI is InChI=1S/C19H23BrN2O3S/c1-12-6-8-17(11-13(12)2)22(26(5,24)25)15(4)19(23)21-16-7-9-18(20)14(3)10-16/h6-11,15H,1-5H3,(H,21,23)/t15-/m1/s1. The molecule has 5 nitrogen and oxygen atoms in total. The molecule has 2 aromatic carbocycles. The van der Waals surface area contributed by atoms with Crippen LogP contribution in [-0.2, 0) is 14.8 Å². The average Bonchev–Trinajstić information content (AvgIpc) is 2.53. The number of anilines is 2. The van der Waals surface area contributed by atoms with Gasteiger partial charge in [-0.15, -0.1) is 0 Å². The molecule has 140 valence electrons. The second-order valence-electron chi connectivity index (χ2n) is 6.46. The summed E-state index contributed by atoms with van der Waals surface area (Å²) in [7, 11) is -3.63. The van der Waals surface area contributed by atoms with Gasteiger partial charge in [0.05, 0.1) is 11.9 Å². The number of nitrogens with one attached hydrogen (secondary N) is 1. The van der Waals surface area contributed by atoms with Crippen molar-refractivity contribution in [2.45, 2.75) is 33.7 Å². The number of benzene rings is 2. The molecular formula is C19H23BrN2O3S. The fourth-order valence-electron chi connectivity index (χ4n) is 2.64. The van der Waals surface area contributed by atoms with E-state index in [9.17, 15) is 13.2 Å². The Balaban J connectivity index is 2.34. The number of halogens is 1. The smallest absolute Gasteiger partial charge is 0.247 e. The minimum absolute atomic E-state index is 0.393. The van der Waals surface area contributed by atoms with Gasteiger partial charge in [0.25, 0.3) is 0 Å². The third-order valence-corrected chi connectivity index (χ3v) is 6.39. The lowest BCUT2D eigenvalue weighted by Gasteiger charge is -2.28. The molecule has 0 heterocycles. The van der Waals surface area contributed by atoms with Crippen molar-refractivity contribution < 1.29 is 13.2 Å². The van der Waals surface area contributed by atoms with E-state index < -0.39 is 22.0 Å². The molecule has 0 radical (unpaired) electrons. The largest absolute Gasteiger partial charge is 0.324 e. The number of amides is 1. The summed E-state index contributed by atoms with van der Waals surface area (Å²) in [5.74, 6) is -0.393. The number of nitrogens with zero attached hydrogens (tertiary/aromatic N) is 1. The molecule has 0 saturated heterocycles. The molecule has 1 atom stereocenters. The number of aryl methyl sites for hydroxylation is 3. The Labute approximate surface area is 163 Å². The van der Waals surface area contributed by atoms with E-state index in [1.807, 2.05) is 39.0 Å². The van der Waals surface area contributed by atoms with Gasteiger partial charge in [0.1, 0.15) is 6.04 Å². The number of hydrogen-bond acceptors (Lipinski definition) is 3. The first-order valence-electron chi connectivity index (χ1n) is 8.14. The number of carbonyl (C=O) groups excluding carboxylic acids is 1. The fourth-order valence-corrected chi connectivity index (χ4v) is 4.05. The van der Waals surface area contributed by atoms with Crippen LogP contribution >= 0.6 is 15.9 Å². The zero-order valence-electron chi connectivity index (χ0n) is 15.5. The number of rotatable bonds is 5. The minimum atomic E-state index is -3.63. The molecule has 0 aromatic heterocycles. The van der Waals surface area contributed by atoms with E-state index in [1.165, 1.54) is 0 Å². The maximum atomic E-state index is 12.7. The van der Waals surface area contributed by atoms with Crippen LogP contribution in [0, 0.1) is 20.8 Å². The fraction of sp³-hybridized carbons (Fsp3) is 0.316. The van der Waals surface area contributed by atoms with Crippen molar-refractivity contribution in [3.05, 3.63) is 57.6 Å². The van der Waals surface area contributed by atoms with E-state index in [4.69, 9.17) is 0 Å². The molecule has 0 spiro atoms. The number of hydrogen-bond donors (Lipinski definition) is 1. The van der Waals surface area contributed by atoms with Crippen LogP contribution in [-0.4, -0.2) is 26.6 Å². The number of carbonyl (C=O) groups is 1. The maximum Gasteiger partial charge on any atom is 0.247 e.